The average Bonchev–Trinajstić information content (AvgIpc) is 3.59. The minimum absolute atomic E-state index is 0.0234. The van der Waals surface area contributed by atoms with Crippen LogP contribution in [0, 0.1) is 29.1 Å². The van der Waals surface area contributed by atoms with E-state index in [1.165, 1.54) is 0 Å². The van der Waals surface area contributed by atoms with Gasteiger partial charge in [-0.15, -0.1) is 11.3 Å². The summed E-state index contributed by atoms with van der Waals surface area (Å²) in [6.07, 6.45) is 9.00. The zero-order valence-corrected chi connectivity index (χ0v) is 27.4. The van der Waals surface area contributed by atoms with Gasteiger partial charge in [0.25, 0.3) is 0 Å². The second kappa shape index (κ2) is 14.0. The number of aliphatic hydroxyl groups excluding tert-OH is 1. The van der Waals surface area contributed by atoms with Gasteiger partial charge in [0, 0.05) is 49.3 Å². The highest BCUT2D eigenvalue weighted by atomic mass is 32.1. The van der Waals surface area contributed by atoms with Gasteiger partial charge < -0.3 is 19.8 Å². The van der Waals surface area contributed by atoms with E-state index in [2.05, 4.69) is 28.6 Å². The average molecular weight is 622 g/mol. The number of amides is 1. The van der Waals surface area contributed by atoms with Crippen LogP contribution in [0.15, 0.2) is 24.4 Å². The molecule has 1 amide bonds. The summed E-state index contributed by atoms with van der Waals surface area (Å²) < 4.78 is 6.34. The highest BCUT2D eigenvalue weighted by Gasteiger charge is 2.38. The third kappa shape index (κ3) is 8.41. The summed E-state index contributed by atoms with van der Waals surface area (Å²) in [4.78, 5) is 36.1. The minimum atomic E-state index is -1.02. The maximum absolute atomic E-state index is 14.2. The van der Waals surface area contributed by atoms with Gasteiger partial charge in [0.1, 0.15) is 11.0 Å². The topological polar surface area (TPSA) is 103 Å². The molecular formula is C35H47N3O5S. The van der Waals surface area contributed by atoms with E-state index < -0.39 is 5.97 Å². The Labute approximate surface area is 265 Å². The number of carbonyl (C=O) groups excluding carboxylic acids is 1. The number of pyridine rings is 1. The third-order valence-electron chi connectivity index (χ3n) is 9.08. The predicted octanol–water partition coefficient (Wildman–Crippen LogP) is 6.36. The van der Waals surface area contributed by atoms with E-state index in [4.69, 9.17) is 4.74 Å². The molecule has 0 spiro atoms. The molecule has 0 bridgehead atoms. The lowest BCUT2D eigenvalue weighted by atomic mass is 9.81. The Hall–Kier alpha value is -2.93. The summed E-state index contributed by atoms with van der Waals surface area (Å²) >= 11 is 1.16. The zero-order chi connectivity index (χ0) is 31.4. The van der Waals surface area contributed by atoms with Crippen molar-refractivity contribution in [2.24, 2.45) is 17.3 Å². The SMILES string of the molecule is CC1CCC(C(=O)N(c2cc(C#CC(C)(C)C)sc2C(=O)O)C2CCC(Oc3cc(CN4CCC(O)C4)ccn3)CC2)CC1. The van der Waals surface area contributed by atoms with E-state index in [1.54, 1.807) is 6.20 Å². The molecule has 0 aromatic carbocycles. The van der Waals surface area contributed by atoms with Gasteiger partial charge in [-0.05, 0) is 102 Å². The smallest absolute Gasteiger partial charge is 0.348 e. The van der Waals surface area contributed by atoms with Crippen LogP contribution >= 0.6 is 11.3 Å². The first-order valence-electron chi connectivity index (χ1n) is 16.2. The summed E-state index contributed by atoms with van der Waals surface area (Å²) in [5, 5.41) is 20.1. The van der Waals surface area contributed by atoms with Crippen LogP contribution in [0.2, 0.25) is 0 Å². The van der Waals surface area contributed by atoms with Crippen LogP contribution in [0.3, 0.4) is 0 Å². The lowest BCUT2D eigenvalue weighted by molar-refractivity contribution is -0.124. The molecule has 0 radical (unpaired) electrons. The second-order valence-corrected chi connectivity index (χ2v) is 15.1. The van der Waals surface area contributed by atoms with Crippen molar-refractivity contribution in [1.82, 2.24) is 9.88 Å². The fourth-order valence-corrected chi connectivity index (χ4v) is 7.48. The van der Waals surface area contributed by atoms with Gasteiger partial charge in [-0.1, -0.05) is 18.8 Å². The highest BCUT2D eigenvalue weighted by Crippen LogP contribution is 2.39. The van der Waals surface area contributed by atoms with Crippen molar-refractivity contribution in [2.75, 3.05) is 18.0 Å². The van der Waals surface area contributed by atoms with Gasteiger partial charge in [-0.2, -0.15) is 0 Å². The number of aromatic carboxylic acids is 1. The normalized spacial score (nSPS) is 26.1. The number of hydrogen-bond acceptors (Lipinski definition) is 7. The maximum Gasteiger partial charge on any atom is 0.348 e. The number of carbonyl (C=O) groups is 2. The number of nitrogens with zero attached hydrogens (tertiary/aromatic N) is 3. The number of β-amino-alcohol motifs (C(OH)–C–C–N with tert-alkyl or cyclic N) is 1. The van der Waals surface area contributed by atoms with E-state index in [-0.39, 0.29) is 40.4 Å². The molecule has 5 rings (SSSR count). The molecule has 3 fully saturated rings. The van der Waals surface area contributed by atoms with Crippen LogP contribution in [-0.4, -0.2) is 63.3 Å². The number of rotatable bonds is 8. The van der Waals surface area contributed by atoms with Crippen molar-refractivity contribution >= 4 is 28.9 Å². The molecule has 2 aromatic rings. The first-order valence-corrected chi connectivity index (χ1v) is 17.0. The summed E-state index contributed by atoms with van der Waals surface area (Å²) in [5.41, 5.74) is 1.39. The second-order valence-electron chi connectivity index (χ2n) is 14.0. The number of likely N-dealkylation sites (tertiary alicyclic amines) is 1. The summed E-state index contributed by atoms with van der Waals surface area (Å²) in [6, 6.07) is 5.71. The fourth-order valence-electron chi connectivity index (χ4n) is 6.64. The van der Waals surface area contributed by atoms with Crippen LogP contribution in [0.25, 0.3) is 0 Å². The molecule has 8 nitrogen and oxygen atoms in total. The summed E-state index contributed by atoms with van der Waals surface area (Å²) in [6.45, 7) is 10.6. The quantitative estimate of drug-likeness (QED) is 0.331. The monoisotopic (exact) mass is 621 g/mol. The van der Waals surface area contributed by atoms with Crippen molar-refractivity contribution in [2.45, 2.75) is 110 Å². The van der Waals surface area contributed by atoms with Crippen LogP contribution in [0.4, 0.5) is 5.69 Å². The molecule has 2 aromatic heterocycles. The minimum Gasteiger partial charge on any atom is -0.477 e. The van der Waals surface area contributed by atoms with Crippen molar-refractivity contribution in [3.8, 4) is 17.7 Å². The number of aromatic nitrogens is 1. The molecule has 238 valence electrons. The molecule has 3 heterocycles. The molecule has 1 unspecified atom stereocenters. The zero-order valence-electron chi connectivity index (χ0n) is 26.6. The summed E-state index contributed by atoms with van der Waals surface area (Å²) in [5.74, 6) is 6.55. The standard InChI is InChI=1S/C35H47N3O5S/c1-23-5-7-25(8-6-23)33(40)38(30-20-29(13-16-35(2,3)4)44-32(30)34(41)42)26-9-11-28(12-10-26)43-31-19-24(14-17-36-31)21-37-18-15-27(39)22-37/h14,17,19-20,23,25-28,39H,5-12,15,18,21-22H2,1-4H3,(H,41,42). The van der Waals surface area contributed by atoms with Gasteiger partial charge in [-0.25, -0.2) is 9.78 Å². The van der Waals surface area contributed by atoms with Gasteiger partial charge in [0.15, 0.2) is 0 Å². The highest BCUT2D eigenvalue weighted by molar-refractivity contribution is 7.15. The first-order chi connectivity index (χ1) is 20.9. The van der Waals surface area contributed by atoms with Crippen LogP contribution < -0.4 is 9.64 Å². The number of carboxylic acid groups (broad SMARTS) is 1. The molecule has 3 aliphatic rings. The van der Waals surface area contributed by atoms with Crippen molar-refractivity contribution < 1.29 is 24.5 Å². The predicted molar refractivity (Wildman–Crippen MR) is 173 cm³/mol. The molecule has 2 N–H and O–H groups in total. The molecule has 1 aliphatic heterocycles. The van der Waals surface area contributed by atoms with Crippen LogP contribution in [0.5, 0.6) is 5.88 Å². The molecule has 9 heteroatoms. The Balaban J connectivity index is 1.32. The van der Waals surface area contributed by atoms with E-state index in [0.29, 0.717) is 28.9 Å². The Morgan fingerprint density at radius 2 is 1.82 bits per heavy atom. The van der Waals surface area contributed by atoms with Gasteiger partial charge in [-0.3, -0.25) is 9.69 Å². The van der Waals surface area contributed by atoms with Crippen LogP contribution in [0.1, 0.15) is 106 Å². The molecule has 1 atom stereocenters. The van der Waals surface area contributed by atoms with Gasteiger partial charge in [0.05, 0.1) is 16.7 Å². The molecular weight excluding hydrogens is 574 g/mol. The van der Waals surface area contributed by atoms with Gasteiger partial charge >= 0.3 is 5.97 Å². The molecule has 2 saturated carbocycles. The Morgan fingerprint density at radius 3 is 2.45 bits per heavy atom. The Kier molecular flexibility index (Phi) is 10.3. The van der Waals surface area contributed by atoms with E-state index >= 15 is 0 Å². The molecule has 2 aliphatic carbocycles. The van der Waals surface area contributed by atoms with E-state index in [9.17, 15) is 19.8 Å². The number of aliphatic hydroxyl groups is 1. The van der Waals surface area contributed by atoms with Crippen molar-refractivity contribution in [1.29, 1.82) is 0 Å². The lowest BCUT2D eigenvalue weighted by Gasteiger charge is -2.39. The lowest BCUT2D eigenvalue weighted by Crippen LogP contribution is -2.47. The third-order valence-corrected chi connectivity index (χ3v) is 10.1. The Bertz CT molecular complexity index is 1370. The summed E-state index contributed by atoms with van der Waals surface area (Å²) in [7, 11) is 0. The van der Waals surface area contributed by atoms with E-state index in [1.807, 2.05) is 43.9 Å². The van der Waals surface area contributed by atoms with Crippen molar-refractivity contribution in [3.05, 3.63) is 39.7 Å². The first kappa shape index (κ1) is 32.5. The number of anilines is 1. The number of hydrogen-bond donors (Lipinski definition) is 2. The molecule has 1 saturated heterocycles. The maximum atomic E-state index is 14.2. The number of ether oxygens (including phenoxy) is 1. The van der Waals surface area contributed by atoms with Gasteiger partial charge in [0.2, 0.25) is 11.8 Å². The Morgan fingerprint density at radius 1 is 1.09 bits per heavy atom. The van der Waals surface area contributed by atoms with E-state index in [0.717, 1.165) is 87.8 Å². The number of thiophene rings is 1. The largest absolute Gasteiger partial charge is 0.477 e. The van der Waals surface area contributed by atoms with Crippen molar-refractivity contribution in [3.63, 3.8) is 0 Å². The number of carboxylic acids is 1. The fraction of sp³-hybridized carbons (Fsp3) is 0.629. The van der Waals surface area contributed by atoms with Crippen LogP contribution in [-0.2, 0) is 11.3 Å². The molecule has 44 heavy (non-hydrogen) atoms.